The number of hydrogen-bond donors (Lipinski definition) is 1. The van der Waals surface area contributed by atoms with E-state index in [2.05, 4.69) is 12.2 Å². The Labute approximate surface area is 107 Å². The van der Waals surface area contributed by atoms with Crippen LogP contribution in [0.15, 0.2) is 18.2 Å². The van der Waals surface area contributed by atoms with Crippen LogP contribution >= 0.6 is 0 Å². The third-order valence-electron chi connectivity index (χ3n) is 3.14. The molecule has 0 aliphatic carbocycles. The molecule has 2 unspecified atom stereocenters. The van der Waals surface area contributed by atoms with Gasteiger partial charge in [-0.15, -0.1) is 0 Å². The maximum Gasteiger partial charge on any atom is 0.159 e. The Hall–Kier alpha value is -1.00. The molecule has 4 heteroatoms. The van der Waals surface area contributed by atoms with Gasteiger partial charge in [0.25, 0.3) is 0 Å². The van der Waals surface area contributed by atoms with Crippen molar-refractivity contribution in [2.75, 3.05) is 14.2 Å². The van der Waals surface area contributed by atoms with Crippen LogP contribution in [0.2, 0.25) is 0 Å². The topological polar surface area (TPSA) is 21.3 Å². The van der Waals surface area contributed by atoms with Gasteiger partial charge < -0.3 is 10.1 Å². The Morgan fingerprint density at radius 2 is 2.00 bits per heavy atom. The molecule has 0 amide bonds. The molecule has 0 aromatic heterocycles. The zero-order chi connectivity index (χ0) is 13.5. The van der Waals surface area contributed by atoms with Crippen LogP contribution in [0.25, 0.3) is 0 Å². The van der Waals surface area contributed by atoms with E-state index in [1.807, 2.05) is 7.05 Å². The molecule has 1 N–H and O–H groups in total. The average molecular weight is 257 g/mol. The van der Waals surface area contributed by atoms with Gasteiger partial charge in [0, 0.05) is 13.2 Å². The van der Waals surface area contributed by atoms with E-state index in [-0.39, 0.29) is 12.1 Å². The number of likely N-dealkylation sites (N-methyl/N-ethyl adjacent to an activating group) is 1. The SMILES string of the molecule is CCCC(OC)C(Cc1ccc(F)c(F)c1)NC. The summed E-state index contributed by atoms with van der Waals surface area (Å²) in [5.41, 5.74) is 0.770. The summed E-state index contributed by atoms with van der Waals surface area (Å²) in [6, 6.07) is 4.12. The van der Waals surface area contributed by atoms with Crippen LogP contribution < -0.4 is 5.32 Å². The van der Waals surface area contributed by atoms with Crippen LogP contribution in [0, 0.1) is 11.6 Å². The first-order chi connectivity index (χ1) is 8.62. The Kier molecular flexibility index (Phi) is 6.22. The molecule has 1 aromatic rings. The number of hydrogen-bond acceptors (Lipinski definition) is 2. The molecule has 18 heavy (non-hydrogen) atoms. The van der Waals surface area contributed by atoms with Gasteiger partial charge in [-0.25, -0.2) is 8.78 Å². The Morgan fingerprint density at radius 1 is 1.28 bits per heavy atom. The fourth-order valence-electron chi connectivity index (χ4n) is 2.11. The number of nitrogens with one attached hydrogen (secondary N) is 1. The minimum Gasteiger partial charge on any atom is -0.380 e. The monoisotopic (exact) mass is 257 g/mol. The normalized spacial score (nSPS) is 14.5. The largest absolute Gasteiger partial charge is 0.380 e. The molecular weight excluding hydrogens is 236 g/mol. The van der Waals surface area contributed by atoms with Gasteiger partial charge in [0.05, 0.1) is 6.10 Å². The highest BCUT2D eigenvalue weighted by atomic mass is 19.2. The lowest BCUT2D eigenvalue weighted by Crippen LogP contribution is -2.40. The van der Waals surface area contributed by atoms with E-state index in [4.69, 9.17) is 4.74 Å². The molecule has 0 fully saturated rings. The van der Waals surface area contributed by atoms with E-state index >= 15 is 0 Å². The van der Waals surface area contributed by atoms with Gasteiger partial charge in [0.2, 0.25) is 0 Å². The average Bonchev–Trinajstić information content (AvgIpc) is 2.37. The summed E-state index contributed by atoms with van der Waals surface area (Å²) in [4.78, 5) is 0. The van der Waals surface area contributed by atoms with Crippen molar-refractivity contribution >= 4 is 0 Å². The third-order valence-corrected chi connectivity index (χ3v) is 3.14. The predicted octanol–water partition coefficient (Wildman–Crippen LogP) is 2.91. The van der Waals surface area contributed by atoms with Crippen molar-refractivity contribution in [1.82, 2.24) is 5.32 Å². The Morgan fingerprint density at radius 3 is 2.50 bits per heavy atom. The minimum absolute atomic E-state index is 0.0770. The van der Waals surface area contributed by atoms with Crippen molar-refractivity contribution in [3.63, 3.8) is 0 Å². The van der Waals surface area contributed by atoms with Crippen molar-refractivity contribution in [3.8, 4) is 0 Å². The maximum atomic E-state index is 13.1. The van der Waals surface area contributed by atoms with Gasteiger partial charge in [-0.2, -0.15) is 0 Å². The molecule has 0 spiro atoms. The zero-order valence-electron chi connectivity index (χ0n) is 11.2. The number of rotatable bonds is 7. The number of benzene rings is 1. The van der Waals surface area contributed by atoms with Gasteiger partial charge in [-0.1, -0.05) is 19.4 Å². The predicted molar refractivity (Wildman–Crippen MR) is 68.6 cm³/mol. The summed E-state index contributed by atoms with van der Waals surface area (Å²) in [5, 5.41) is 3.18. The van der Waals surface area contributed by atoms with Gasteiger partial charge >= 0.3 is 0 Å². The summed E-state index contributed by atoms with van der Waals surface area (Å²) >= 11 is 0. The van der Waals surface area contributed by atoms with Crippen LogP contribution in [0.5, 0.6) is 0 Å². The van der Waals surface area contributed by atoms with Crippen molar-refractivity contribution in [2.24, 2.45) is 0 Å². The molecule has 1 rings (SSSR count). The second kappa shape index (κ2) is 7.44. The van der Waals surface area contributed by atoms with Crippen LogP contribution in [0.4, 0.5) is 8.78 Å². The van der Waals surface area contributed by atoms with Crippen molar-refractivity contribution < 1.29 is 13.5 Å². The molecule has 0 aliphatic rings. The van der Waals surface area contributed by atoms with Gasteiger partial charge in [-0.3, -0.25) is 0 Å². The zero-order valence-corrected chi connectivity index (χ0v) is 11.2. The standard InChI is InChI=1S/C14H21F2NO/c1-4-5-14(18-3)13(17-2)9-10-6-7-11(15)12(16)8-10/h6-8,13-14,17H,4-5,9H2,1-3H3. The Bertz CT molecular complexity index is 371. The molecular formula is C14H21F2NO. The van der Waals surface area contributed by atoms with Crippen LogP contribution in [-0.2, 0) is 11.2 Å². The van der Waals surface area contributed by atoms with Crippen molar-refractivity contribution in [1.29, 1.82) is 0 Å². The molecule has 2 atom stereocenters. The molecule has 102 valence electrons. The fourth-order valence-corrected chi connectivity index (χ4v) is 2.11. The maximum absolute atomic E-state index is 13.1. The number of halogens is 2. The van der Waals surface area contributed by atoms with Crippen molar-refractivity contribution in [2.45, 2.75) is 38.3 Å². The molecule has 1 aromatic carbocycles. The third kappa shape index (κ3) is 4.03. The molecule has 0 heterocycles. The first-order valence-electron chi connectivity index (χ1n) is 6.26. The lowest BCUT2D eigenvalue weighted by Gasteiger charge is -2.25. The van der Waals surface area contributed by atoms with Gasteiger partial charge in [0.15, 0.2) is 11.6 Å². The molecule has 0 aliphatic heterocycles. The summed E-state index contributed by atoms with van der Waals surface area (Å²) in [6.45, 7) is 2.09. The van der Waals surface area contributed by atoms with Gasteiger partial charge in [0.1, 0.15) is 0 Å². The number of methoxy groups -OCH3 is 1. The highest BCUT2D eigenvalue weighted by molar-refractivity contribution is 5.19. The second-order valence-electron chi connectivity index (χ2n) is 4.41. The first-order valence-corrected chi connectivity index (χ1v) is 6.26. The summed E-state index contributed by atoms with van der Waals surface area (Å²) in [6.07, 6.45) is 2.65. The van der Waals surface area contributed by atoms with E-state index in [0.717, 1.165) is 18.4 Å². The summed E-state index contributed by atoms with van der Waals surface area (Å²) in [7, 11) is 3.53. The van der Waals surface area contributed by atoms with Crippen LogP contribution in [0.3, 0.4) is 0 Å². The molecule has 2 nitrogen and oxygen atoms in total. The van der Waals surface area contributed by atoms with E-state index in [1.54, 1.807) is 13.2 Å². The molecule has 0 saturated carbocycles. The van der Waals surface area contributed by atoms with E-state index in [9.17, 15) is 8.78 Å². The fraction of sp³-hybridized carbons (Fsp3) is 0.571. The minimum atomic E-state index is -0.809. The lowest BCUT2D eigenvalue weighted by molar-refractivity contribution is 0.0633. The van der Waals surface area contributed by atoms with Crippen molar-refractivity contribution in [3.05, 3.63) is 35.4 Å². The second-order valence-corrected chi connectivity index (χ2v) is 4.41. The van der Waals surface area contributed by atoms with Crippen LogP contribution in [-0.4, -0.2) is 26.3 Å². The lowest BCUT2D eigenvalue weighted by atomic mass is 9.98. The summed E-state index contributed by atoms with van der Waals surface area (Å²) in [5.74, 6) is -1.61. The van der Waals surface area contributed by atoms with Crippen LogP contribution in [0.1, 0.15) is 25.3 Å². The molecule has 0 bridgehead atoms. The molecule has 0 saturated heterocycles. The Balaban J connectivity index is 2.74. The van der Waals surface area contributed by atoms with E-state index in [0.29, 0.717) is 6.42 Å². The summed E-state index contributed by atoms with van der Waals surface area (Å²) < 4.78 is 31.4. The highest BCUT2D eigenvalue weighted by Crippen LogP contribution is 2.15. The first kappa shape index (κ1) is 15.1. The van der Waals surface area contributed by atoms with E-state index < -0.39 is 11.6 Å². The highest BCUT2D eigenvalue weighted by Gasteiger charge is 2.19. The van der Waals surface area contributed by atoms with E-state index in [1.165, 1.54) is 12.1 Å². The van der Waals surface area contributed by atoms with Gasteiger partial charge in [-0.05, 0) is 37.6 Å². The number of ether oxygens (including phenoxy) is 1. The quantitative estimate of drug-likeness (QED) is 0.811. The smallest absolute Gasteiger partial charge is 0.159 e. The molecule has 0 radical (unpaired) electrons.